The molecular formula is C18H22N4O2. The number of nitrogen functional groups attached to an aromatic ring is 1. The Morgan fingerprint density at radius 2 is 2.08 bits per heavy atom. The van der Waals surface area contributed by atoms with Crippen LogP contribution in [-0.4, -0.2) is 42.3 Å². The fourth-order valence-corrected chi connectivity index (χ4v) is 2.63. The van der Waals surface area contributed by atoms with E-state index in [1.165, 1.54) is 6.42 Å². The third-order valence-corrected chi connectivity index (χ3v) is 4.04. The fourth-order valence-electron chi connectivity index (χ4n) is 2.63. The van der Waals surface area contributed by atoms with E-state index in [0.717, 1.165) is 24.5 Å². The molecule has 3 N–H and O–H groups in total. The molecule has 1 aliphatic heterocycles. The molecule has 6 nitrogen and oxygen atoms in total. The van der Waals surface area contributed by atoms with Crippen LogP contribution in [0.4, 0.5) is 11.4 Å². The number of hydrogen-bond donors (Lipinski definition) is 2. The topological polar surface area (TPSA) is 80.5 Å². The van der Waals surface area contributed by atoms with Gasteiger partial charge in [-0.1, -0.05) is 0 Å². The average molecular weight is 326 g/mol. The molecule has 0 unspecified atom stereocenters. The van der Waals surface area contributed by atoms with Gasteiger partial charge in [0.1, 0.15) is 11.5 Å². The highest BCUT2D eigenvalue weighted by Gasteiger charge is 2.17. The summed E-state index contributed by atoms with van der Waals surface area (Å²) in [5, 5.41) is 3.01. The summed E-state index contributed by atoms with van der Waals surface area (Å²) in [6.07, 6.45) is 3.17. The summed E-state index contributed by atoms with van der Waals surface area (Å²) in [6, 6.07) is 9.05. The zero-order chi connectivity index (χ0) is 16.9. The molecule has 3 rings (SSSR count). The SMILES string of the molecule is CNc1ccc(Oc2ccnc(CC(=O)CN3CCC3)c2)cc1N. The summed E-state index contributed by atoms with van der Waals surface area (Å²) in [6.45, 7) is 2.55. The Bertz CT molecular complexity index is 729. The van der Waals surface area contributed by atoms with E-state index in [1.807, 2.05) is 19.2 Å². The van der Waals surface area contributed by atoms with Crippen molar-refractivity contribution in [3.63, 3.8) is 0 Å². The van der Waals surface area contributed by atoms with Crippen LogP contribution in [0.2, 0.25) is 0 Å². The molecule has 0 aliphatic carbocycles. The lowest BCUT2D eigenvalue weighted by Crippen LogP contribution is -2.41. The van der Waals surface area contributed by atoms with Crippen molar-refractivity contribution < 1.29 is 9.53 Å². The monoisotopic (exact) mass is 326 g/mol. The lowest BCUT2D eigenvalue weighted by Gasteiger charge is -2.29. The Morgan fingerprint density at radius 1 is 1.29 bits per heavy atom. The number of ketones is 1. The van der Waals surface area contributed by atoms with Gasteiger partial charge in [0.15, 0.2) is 5.78 Å². The number of nitrogens with two attached hydrogens (primary N) is 1. The first-order valence-electron chi connectivity index (χ1n) is 8.08. The summed E-state index contributed by atoms with van der Waals surface area (Å²) in [5.74, 6) is 1.48. The maximum Gasteiger partial charge on any atom is 0.152 e. The molecule has 0 bridgehead atoms. The van der Waals surface area contributed by atoms with E-state index in [1.54, 1.807) is 24.4 Å². The number of nitrogens with one attached hydrogen (secondary N) is 1. The van der Waals surface area contributed by atoms with Crippen LogP contribution >= 0.6 is 0 Å². The van der Waals surface area contributed by atoms with E-state index in [9.17, 15) is 4.79 Å². The van der Waals surface area contributed by atoms with Gasteiger partial charge in [-0.25, -0.2) is 0 Å². The Hall–Kier alpha value is -2.60. The molecule has 1 aromatic carbocycles. The van der Waals surface area contributed by atoms with Gasteiger partial charge < -0.3 is 15.8 Å². The minimum absolute atomic E-state index is 0.182. The smallest absolute Gasteiger partial charge is 0.152 e. The lowest BCUT2D eigenvalue weighted by molar-refractivity contribution is -0.120. The number of benzene rings is 1. The molecule has 0 spiro atoms. The standard InChI is InChI=1S/C18H22N4O2/c1-20-18-4-3-15(11-17(18)19)24-16-5-6-21-13(10-16)9-14(23)12-22-7-2-8-22/h3-6,10-11,20H,2,7-9,12,19H2,1H3. The van der Waals surface area contributed by atoms with Crippen LogP contribution in [0.3, 0.4) is 0 Å². The number of likely N-dealkylation sites (tertiary alicyclic amines) is 1. The molecular weight excluding hydrogens is 304 g/mol. The van der Waals surface area contributed by atoms with Crippen molar-refractivity contribution in [1.82, 2.24) is 9.88 Å². The van der Waals surface area contributed by atoms with Gasteiger partial charge in [-0.15, -0.1) is 0 Å². The van der Waals surface area contributed by atoms with Gasteiger partial charge >= 0.3 is 0 Å². The number of anilines is 2. The molecule has 1 aliphatic rings. The van der Waals surface area contributed by atoms with Crippen LogP contribution in [0.5, 0.6) is 11.5 Å². The molecule has 0 amide bonds. The van der Waals surface area contributed by atoms with E-state index < -0.39 is 0 Å². The number of carbonyl (C=O) groups is 1. The number of carbonyl (C=O) groups excluding carboxylic acids is 1. The second kappa shape index (κ2) is 7.31. The molecule has 24 heavy (non-hydrogen) atoms. The van der Waals surface area contributed by atoms with Gasteiger partial charge in [-0.2, -0.15) is 0 Å². The largest absolute Gasteiger partial charge is 0.457 e. The predicted octanol–water partition coefficient (Wildman–Crippen LogP) is 2.32. The Kier molecular flexibility index (Phi) is 4.96. The molecule has 1 aromatic heterocycles. The van der Waals surface area contributed by atoms with Gasteiger partial charge in [-0.3, -0.25) is 14.7 Å². The van der Waals surface area contributed by atoms with Crippen molar-refractivity contribution in [2.24, 2.45) is 0 Å². The van der Waals surface area contributed by atoms with Gasteiger partial charge in [0, 0.05) is 25.4 Å². The van der Waals surface area contributed by atoms with Crippen molar-refractivity contribution in [2.45, 2.75) is 12.8 Å². The van der Waals surface area contributed by atoms with Crippen LogP contribution in [-0.2, 0) is 11.2 Å². The fraction of sp³-hybridized carbons (Fsp3) is 0.333. The van der Waals surface area contributed by atoms with E-state index in [-0.39, 0.29) is 5.78 Å². The molecule has 126 valence electrons. The number of rotatable bonds is 7. The highest BCUT2D eigenvalue weighted by molar-refractivity contribution is 5.82. The maximum absolute atomic E-state index is 12.1. The average Bonchev–Trinajstić information content (AvgIpc) is 2.51. The summed E-state index contributed by atoms with van der Waals surface area (Å²) < 4.78 is 5.82. The lowest BCUT2D eigenvalue weighted by atomic mass is 10.1. The van der Waals surface area contributed by atoms with Crippen LogP contribution in [0, 0.1) is 0 Å². The minimum atomic E-state index is 0.182. The minimum Gasteiger partial charge on any atom is -0.457 e. The zero-order valence-electron chi connectivity index (χ0n) is 13.8. The number of nitrogens with zero attached hydrogens (tertiary/aromatic N) is 2. The first-order valence-corrected chi connectivity index (χ1v) is 8.08. The van der Waals surface area contributed by atoms with Crippen LogP contribution in [0.25, 0.3) is 0 Å². The first-order chi connectivity index (χ1) is 11.6. The van der Waals surface area contributed by atoms with E-state index >= 15 is 0 Å². The molecule has 0 radical (unpaired) electrons. The number of pyridine rings is 1. The molecule has 1 saturated heterocycles. The zero-order valence-corrected chi connectivity index (χ0v) is 13.8. The third-order valence-electron chi connectivity index (χ3n) is 4.04. The van der Waals surface area contributed by atoms with Crippen molar-refractivity contribution in [1.29, 1.82) is 0 Å². The Labute approximate surface area is 141 Å². The van der Waals surface area contributed by atoms with Crippen LogP contribution < -0.4 is 15.8 Å². The van der Waals surface area contributed by atoms with Gasteiger partial charge in [0.05, 0.1) is 30.0 Å². The third kappa shape index (κ3) is 4.02. The van der Waals surface area contributed by atoms with Crippen molar-refractivity contribution in [2.75, 3.05) is 37.7 Å². The maximum atomic E-state index is 12.1. The Morgan fingerprint density at radius 3 is 2.75 bits per heavy atom. The van der Waals surface area contributed by atoms with E-state index in [2.05, 4.69) is 15.2 Å². The molecule has 6 heteroatoms. The first kappa shape index (κ1) is 16.3. The normalized spacial score (nSPS) is 14.0. The number of hydrogen-bond acceptors (Lipinski definition) is 6. The second-order valence-corrected chi connectivity index (χ2v) is 5.93. The van der Waals surface area contributed by atoms with Gasteiger partial charge in [0.25, 0.3) is 0 Å². The van der Waals surface area contributed by atoms with E-state index in [0.29, 0.717) is 30.2 Å². The van der Waals surface area contributed by atoms with Crippen LogP contribution in [0.15, 0.2) is 36.5 Å². The van der Waals surface area contributed by atoms with Gasteiger partial charge in [-0.05, 0) is 37.7 Å². The quantitative estimate of drug-likeness (QED) is 0.760. The highest BCUT2D eigenvalue weighted by Crippen LogP contribution is 2.28. The Balaban J connectivity index is 1.64. The van der Waals surface area contributed by atoms with Crippen molar-refractivity contribution >= 4 is 17.2 Å². The molecule has 0 atom stereocenters. The number of ether oxygens (including phenoxy) is 1. The summed E-state index contributed by atoms with van der Waals surface area (Å²) in [7, 11) is 1.82. The van der Waals surface area contributed by atoms with Gasteiger partial charge in [0.2, 0.25) is 0 Å². The molecule has 2 heterocycles. The molecule has 0 saturated carbocycles. The van der Waals surface area contributed by atoms with Crippen molar-refractivity contribution in [3.05, 3.63) is 42.2 Å². The summed E-state index contributed by atoms with van der Waals surface area (Å²) in [4.78, 5) is 18.5. The van der Waals surface area contributed by atoms with E-state index in [4.69, 9.17) is 10.5 Å². The molecule has 2 aromatic rings. The van der Waals surface area contributed by atoms with Crippen molar-refractivity contribution in [3.8, 4) is 11.5 Å². The highest BCUT2D eigenvalue weighted by atomic mass is 16.5. The second-order valence-electron chi connectivity index (χ2n) is 5.93. The van der Waals surface area contributed by atoms with Crippen LogP contribution in [0.1, 0.15) is 12.1 Å². The number of aromatic nitrogens is 1. The molecule has 1 fully saturated rings. The number of Topliss-reactive ketones (excluding diaryl/α,β-unsaturated/α-hetero) is 1. The summed E-state index contributed by atoms with van der Waals surface area (Å²) in [5.41, 5.74) is 8.14. The summed E-state index contributed by atoms with van der Waals surface area (Å²) >= 11 is 0. The predicted molar refractivity (Wildman–Crippen MR) is 94.5 cm³/mol.